The second-order valence-corrected chi connectivity index (χ2v) is 12.2. The van der Waals surface area contributed by atoms with E-state index in [1.165, 1.54) is 18.2 Å². The minimum absolute atomic E-state index is 0.0629. The molecule has 39 heavy (non-hydrogen) atoms. The van der Waals surface area contributed by atoms with Crippen molar-refractivity contribution in [2.75, 3.05) is 44.4 Å². The Labute approximate surface area is 233 Å². The zero-order valence-electron chi connectivity index (χ0n) is 23.3. The van der Waals surface area contributed by atoms with Crippen LogP contribution in [-0.2, 0) is 11.3 Å². The highest BCUT2D eigenvalue weighted by molar-refractivity contribution is 7.99. The number of aryl methyl sites for hydroxylation is 1. The molecule has 9 heteroatoms. The molecule has 0 unspecified atom stereocenters. The summed E-state index contributed by atoms with van der Waals surface area (Å²) in [5, 5.41) is 0.939. The van der Waals surface area contributed by atoms with Gasteiger partial charge in [-0.15, -0.1) is 11.8 Å². The van der Waals surface area contributed by atoms with Gasteiger partial charge in [0.2, 0.25) is 5.91 Å². The normalized spacial score (nSPS) is 21.4. The molecule has 7 nitrogen and oxygen atoms in total. The van der Waals surface area contributed by atoms with E-state index >= 15 is 0 Å². The van der Waals surface area contributed by atoms with E-state index in [9.17, 15) is 14.0 Å². The summed E-state index contributed by atoms with van der Waals surface area (Å²) in [5.41, 5.74) is 3.65. The number of hydrogen-bond donors (Lipinski definition) is 0. The second kappa shape index (κ2) is 10.8. The molecule has 1 amide bonds. The van der Waals surface area contributed by atoms with Crippen molar-refractivity contribution < 1.29 is 9.18 Å². The maximum absolute atomic E-state index is 13.8. The largest absolute Gasteiger partial charge is 0.352 e. The maximum atomic E-state index is 13.8. The predicted molar refractivity (Wildman–Crippen MR) is 157 cm³/mol. The van der Waals surface area contributed by atoms with E-state index in [1.54, 1.807) is 11.8 Å². The van der Waals surface area contributed by atoms with Crippen molar-refractivity contribution in [3.05, 3.63) is 64.9 Å². The van der Waals surface area contributed by atoms with E-state index in [4.69, 9.17) is 0 Å². The minimum atomic E-state index is -0.275. The summed E-state index contributed by atoms with van der Waals surface area (Å²) in [6.45, 7) is 12.4. The standard InChI is InChI=1S/C30H36FN5O2S/c1-7-25(37)36-19(3)13-34(14-20(36)4)29-24-12-18(2)26(22-8-10-23(31)11-9-22)28-27(24)35(30(38)32-29)16-21(17-39-28)15-33(5)6/h7-12,19-21H,1,13-17H2,2-6H3/t19-,20+,21-/m1/s1. The number of piperazine rings is 1. The van der Waals surface area contributed by atoms with Crippen LogP contribution in [0.25, 0.3) is 22.0 Å². The van der Waals surface area contributed by atoms with Crippen LogP contribution in [0.4, 0.5) is 10.2 Å². The summed E-state index contributed by atoms with van der Waals surface area (Å²) < 4.78 is 15.7. The van der Waals surface area contributed by atoms with Crippen LogP contribution in [0.2, 0.25) is 0 Å². The number of anilines is 1. The van der Waals surface area contributed by atoms with Crippen molar-refractivity contribution in [3.63, 3.8) is 0 Å². The molecule has 2 aliphatic heterocycles. The van der Waals surface area contributed by atoms with Gasteiger partial charge in [-0.1, -0.05) is 18.7 Å². The number of hydrogen-bond acceptors (Lipinski definition) is 6. The maximum Gasteiger partial charge on any atom is 0.350 e. The van der Waals surface area contributed by atoms with Crippen molar-refractivity contribution in [1.82, 2.24) is 19.4 Å². The lowest BCUT2D eigenvalue weighted by molar-refractivity contribution is -0.130. The number of halogens is 1. The second-order valence-electron chi connectivity index (χ2n) is 11.1. The molecule has 1 fully saturated rings. The molecule has 0 bridgehead atoms. The van der Waals surface area contributed by atoms with Gasteiger partial charge in [-0.25, -0.2) is 9.18 Å². The Morgan fingerprint density at radius 1 is 1.18 bits per heavy atom. The first-order chi connectivity index (χ1) is 18.6. The molecule has 0 saturated carbocycles. The lowest BCUT2D eigenvalue weighted by Gasteiger charge is -2.44. The summed E-state index contributed by atoms with van der Waals surface area (Å²) in [6.07, 6.45) is 1.36. The highest BCUT2D eigenvalue weighted by Crippen LogP contribution is 2.44. The topological polar surface area (TPSA) is 61.7 Å². The van der Waals surface area contributed by atoms with E-state index in [1.807, 2.05) is 35.4 Å². The van der Waals surface area contributed by atoms with Crippen LogP contribution in [0.15, 0.2) is 52.7 Å². The van der Waals surface area contributed by atoms with Crippen LogP contribution >= 0.6 is 11.8 Å². The van der Waals surface area contributed by atoms with Gasteiger partial charge >= 0.3 is 5.69 Å². The fourth-order valence-electron chi connectivity index (χ4n) is 6.22. The number of nitrogens with zero attached hydrogens (tertiary/aromatic N) is 5. The van der Waals surface area contributed by atoms with E-state index in [0.29, 0.717) is 25.5 Å². The fraction of sp³-hybridized carbons (Fsp3) is 0.433. The van der Waals surface area contributed by atoms with Crippen LogP contribution < -0.4 is 10.6 Å². The number of amides is 1. The summed E-state index contributed by atoms with van der Waals surface area (Å²) in [4.78, 5) is 38.1. The Morgan fingerprint density at radius 2 is 1.85 bits per heavy atom. The van der Waals surface area contributed by atoms with E-state index in [-0.39, 0.29) is 35.4 Å². The van der Waals surface area contributed by atoms with Gasteiger partial charge in [0.25, 0.3) is 0 Å². The Kier molecular flexibility index (Phi) is 7.57. The van der Waals surface area contributed by atoms with Crippen LogP contribution in [0, 0.1) is 18.7 Å². The molecule has 1 aromatic heterocycles. The lowest BCUT2D eigenvalue weighted by Crippen LogP contribution is -2.58. The SMILES string of the molecule is C=CC(=O)N1[C@H](C)CN(c2nc(=O)n3c4c(c(-c5ccc(F)cc5)c(C)cc24)SC[C@H](CN(C)C)C3)C[C@@H]1C. The molecule has 2 aromatic carbocycles. The summed E-state index contributed by atoms with van der Waals surface area (Å²) in [6, 6.07) is 8.59. The Hall–Kier alpha value is -3.17. The third kappa shape index (κ3) is 5.10. The van der Waals surface area contributed by atoms with Gasteiger partial charge in [-0.05, 0) is 76.2 Å². The lowest BCUT2D eigenvalue weighted by atomic mass is 9.97. The first kappa shape index (κ1) is 27.4. The van der Waals surface area contributed by atoms with Gasteiger partial charge in [-0.2, -0.15) is 4.98 Å². The number of aromatic nitrogens is 2. The van der Waals surface area contributed by atoms with Crippen molar-refractivity contribution >= 4 is 34.4 Å². The quantitative estimate of drug-likeness (QED) is 0.440. The van der Waals surface area contributed by atoms with Crippen molar-refractivity contribution in [2.24, 2.45) is 5.92 Å². The van der Waals surface area contributed by atoms with Crippen LogP contribution in [0.1, 0.15) is 19.4 Å². The average molecular weight is 550 g/mol. The average Bonchev–Trinajstić information content (AvgIpc) is 3.06. The van der Waals surface area contributed by atoms with Gasteiger partial charge in [0.1, 0.15) is 11.6 Å². The zero-order chi connectivity index (χ0) is 28.0. The van der Waals surface area contributed by atoms with Crippen molar-refractivity contribution in [2.45, 2.75) is 44.3 Å². The summed E-state index contributed by atoms with van der Waals surface area (Å²) in [7, 11) is 4.10. The van der Waals surface area contributed by atoms with E-state index in [2.05, 4.69) is 48.4 Å². The third-order valence-electron chi connectivity index (χ3n) is 7.70. The molecular formula is C30H36FN5O2S. The molecule has 1 saturated heterocycles. The molecule has 3 heterocycles. The molecule has 0 spiro atoms. The fourth-order valence-corrected chi connectivity index (χ4v) is 7.62. The predicted octanol–water partition coefficient (Wildman–Crippen LogP) is 4.41. The monoisotopic (exact) mass is 549 g/mol. The Bertz CT molecular complexity index is 1470. The smallest absolute Gasteiger partial charge is 0.350 e. The van der Waals surface area contributed by atoms with Gasteiger partial charge in [-0.3, -0.25) is 9.36 Å². The number of thioether (sulfide) groups is 1. The van der Waals surface area contributed by atoms with E-state index < -0.39 is 0 Å². The molecular weight excluding hydrogens is 513 g/mol. The summed E-state index contributed by atoms with van der Waals surface area (Å²) in [5.74, 6) is 1.43. The van der Waals surface area contributed by atoms with Crippen LogP contribution in [0.5, 0.6) is 0 Å². The van der Waals surface area contributed by atoms with Gasteiger partial charge in [0, 0.05) is 59.9 Å². The number of carbonyl (C=O) groups is 1. The van der Waals surface area contributed by atoms with Gasteiger partial charge in [0.15, 0.2) is 0 Å². The molecule has 5 rings (SSSR count). The van der Waals surface area contributed by atoms with Gasteiger partial charge < -0.3 is 14.7 Å². The van der Waals surface area contributed by atoms with E-state index in [0.717, 1.165) is 44.8 Å². The molecule has 206 valence electrons. The number of rotatable bonds is 5. The zero-order valence-corrected chi connectivity index (χ0v) is 24.1. The van der Waals surface area contributed by atoms with Crippen molar-refractivity contribution in [3.8, 4) is 11.1 Å². The molecule has 2 aliphatic rings. The Morgan fingerprint density at radius 3 is 2.46 bits per heavy atom. The Balaban J connectivity index is 1.71. The number of carbonyl (C=O) groups excluding carboxylic acids is 1. The minimum Gasteiger partial charge on any atom is -0.352 e. The van der Waals surface area contributed by atoms with Gasteiger partial charge in [0.05, 0.1) is 5.52 Å². The molecule has 3 aromatic rings. The molecule has 0 radical (unpaired) electrons. The molecule has 0 N–H and O–H groups in total. The van der Waals surface area contributed by atoms with Crippen LogP contribution in [-0.4, -0.2) is 76.8 Å². The molecule has 0 aliphatic carbocycles. The van der Waals surface area contributed by atoms with Crippen LogP contribution in [0.3, 0.4) is 0 Å². The highest BCUT2D eigenvalue weighted by Gasteiger charge is 2.34. The highest BCUT2D eigenvalue weighted by atomic mass is 32.2. The van der Waals surface area contributed by atoms with Crippen molar-refractivity contribution in [1.29, 1.82) is 0 Å². The first-order valence-electron chi connectivity index (χ1n) is 13.4. The third-order valence-corrected chi connectivity index (χ3v) is 9.03. The first-order valence-corrected chi connectivity index (χ1v) is 14.4. The summed E-state index contributed by atoms with van der Waals surface area (Å²) >= 11 is 1.77. The number of benzene rings is 2. The molecule has 3 atom stereocenters.